The van der Waals surface area contributed by atoms with Crippen molar-refractivity contribution in [2.75, 3.05) is 6.54 Å². The first-order valence-corrected chi connectivity index (χ1v) is 3.26. The molecule has 1 aliphatic heterocycles. The van der Waals surface area contributed by atoms with Gasteiger partial charge in [0, 0.05) is 0 Å². The van der Waals surface area contributed by atoms with Crippen molar-refractivity contribution in [1.29, 1.82) is 0 Å². The number of hydrogen-bond donors (Lipinski definition) is 3. The van der Waals surface area contributed by atoms with Gasteiger partial charge in [0.25, 0.3) is 0 Å². The third-order valence-electron chi connectivity index (χ3n) is 1.97. The number of hydrogen-bond acceptors (Lipinski definition) is 3. The van der Waals surface area contributed by atoms with Gasteiger partial charge in [-0.1, -0.05) is 0 Å². The quantitative estimate of drug-likeness (QED) is 0.418. The van der Waals surface area contributed by atoms with E-state index in [2.05, 4.69) is 5.32 Å². The van der Waals surface area contributed by atoms with Crippen LogP contribution in [0, 0.1) is 0 Å². The summed E-state index contributed by atoms with van der Waals surface area (Å²) in [6, 6.07) is 0. The lowest BCUT2D eigenvalue weighted by atomic mass is 10.0. The zero-order chi connectivity index (χ0) is 6.91. The minimum Gasteiger partial charge on any atom is -0.367 e. The first kappa shape index (κ1) is 6.99. The van der Waals surface area contributed by atoms with Crippen LogP contribution in [0.25, 0.3) is 0 Å². The number of aliphatic hydroxyl groups is 2. The fraction of sp³-hybridized carbons (Fsp3) is 1.00. The standard InChI is InChI=1S/C6H13NO2/c1-6(5(8)9)3-2-4-7-6/h5,7-9H,2-4H2,1H3. The topological polar surface area (TPSA) is 52.5 Å². The van der Waals surface area contributed by atoms with Gasteiger partial charge in [0.15, 0.2) is 6.29 Å². The molecule has 0 bridgehead atoms. The van der Waals surface area contributed by atoms with Crippen LogP contribution in [0.4, 0.5) is 0 Å². The lowest BCUT2D eigenvalue weighted by Crippen LogP contribution is -2.47. The van der Waals surface area contributed by atoms with E-state index in [0.29, 0.717) is 0 Å². The zero-order valence-corrected chi connectivity index (χ0v) is 5.59. The smallest absolute Gasteiger partial charge is 0.169 e. The summed E-state index contributed by atoms with van der Waals surface area (Å²) in [5.74, 6) is 0. The van der Waals surface area contributed by atoms with Gasteiger partial charge in [0.05, 0.1) is 5.54 Å². The average Bonchev–Trinajstić information content (AvgIpc) is 2.16. The Bertz CT molecular complexity index is 97.2. The molecule has 1 unspecified atom stereocenters. The molecule has 3 N–H and O–H groups in total. The predicted octanol–water partition coefficient (Wildman–Crippen LogP) is -0.561. The van der Waals surface area contributed by atoms with Gasteiger partial charge < -0.3 is 15.5 Å². The molecule has 1 fully saturated rings. The Morgan fingerprint density at radius 1 is 1.56 bits per heavy atom. The van der Waals surface area contributed by atoms with Crippen LogP contribution in [-0.4, -0.2) is 28.6 Å². The van der Waals surface area contributed by atoms with E-state index in [1.54, 1.807) is 0 Å². The summed E-state index contributed by atoms with van der Waals surface area (Å²) < 4.78 is 0. The minimum absolute atomic E-state index is 0.444. The van der Waals surface area contributed by atoms with Crippen molar-refractivity contribution in [2.45, 2.75) is 31.6 Å². The summed E-state index contributed by atoms with van der Waals surface area (Å²) in [5.41, 5.74) is -0.444. The minimum atomic E-state index is -1.22. The molecule has 0 aliphatic carbocycles. The van der Waals surface area contributed by atoms with Crippen molar-refractivity contribution in [2.24, 2.45) is 0 Å². The van der Waals surface area contributed by atoms with Gasteiger partial charge in [-0.15, -0.1) is 0 Å². The number of rotatable bonds is 1. The molecule has 3 nitrogen and oxygen atoms in total. The fourth-order valence-electron chi connectivity index (χ4n) is 1.14. The van der Waals surface area contributed by atoms with Crippen LogP contribution in [0.3, 0.4) is 0 Å². The second-order valence-corrected chi connectivity index (χ2v) is 2.82. The van der Waals surface area contributed by atoms with Gasteiger partial charge in [-0.2, -0.15) is 0 Å². The highest BCUT2D eigenvalue weighted by Crippen LogP contribution is 2.20. The lowest BCUT2D eigenvalue weighted by Gasteiger charge is -2.25. The molecule has 54 valence electrons. The van der Waals surface area contributed by atoms with E-state index in [4.69, 9.17) is 10.2 Å². The Morgan fingerprint density at radius 2 is 2.22 bits per heavy atom. The predicted molar refractivity (Wildman–Crippen MR) is 33.9 cm³/mol. The van der Waals surface area contributed by atoms with Gasteiger partial charge in [0.1, 0.15) is 0 Å². The molecule has 1 saturated heterocycles. The maximum Gasteiger partial charge on any atom is 0.169 e. The third-order valence-corrected chi connectivity index (χ3v) is 1.97. The molecule has 0 radical (unpaired) electrons. The van der Waals surface area contributed by atoms with E-state index in [1.165, 1.54) is 0 Å². The van der Waals surface area contributed by atoms with E-state index in [1.807, 2.05) is 6.92 Å². The van der Waals surface area contributed by atoms with Crippen LogP contribution in [0.1, 0.15) is 19.8 Å². The molecule has 1 heterocycles. The highest BCUT2D eigenvalue weighted by atomic mass is 16.5. The Kier molecular flexibility index (Phi) is 1.75. The van der Waals surface area contributed by atoms with Gasteiger partial charge in [-0.3, -0.25) is 0 Å². The Labute approximate surface area is 54.7 Å². The van der Waals surface area contributed by atoms with E-state index >= 15 is 0 Å². The van der Waals surface area contributed by atoms with Crippen LogP contribution in [-0.2, 0) is 0 Å². The molecular formula is C6H13NO2. The van der Waals surface area contributed by atoms with Crippen LogP contribution >= 0.6 is 0 Å². The van der Waals surface area contributed by atoms with Crippen molar-refractivity contribution in [3.05, 3.63) is 0 Å². The van der Waals surface area contributed by atoms with E-state index in [9.17, 15) is 0 Å². The molecule has 0 aromatic heterocycles. The first-order valence-electron chi connectivity index (χ1n) is 3.26. The molecule has 0 aromatic carbocycles. The van der Waals surface area contributed by atoms with Crippen molar-refractivity contribution in [3.8, 4) is 0 Å². The largest absolute Gasteiger partial charge is 0.367 e. The number of aliphatic hydroxyl groups excluding tert-OH is 1. The second kappa shape index (κ2) is 2.25. The fourth-order valence-corrected chi connectivity index (χ4v) is 1.14. The maximum absolute atomic E-state index is 8.80. The van der Waals surface area contributed by atoms with Crippen molar-refractivity contribution >= 4 is 0 Å². The van der Waals surface area contributed by atoms with Crippen molar-refractivity contribution in [3.63, 3.8) is 0 Å². The molecule has 0 amide bonds. The van der Waals surface area contributed by atoms with Crippen LogP contribution in [0.2, 0.25) is 0 Å². The zero-order valence-electron chi connectivity index (χ0n) is 5.59. The molecule has 0 aromatic rings. The Hall–Kier alpha value is -0.120. The third kappa shape index (κ3) is 1.23. The summed E-state index contributed by atoms with van der Waals surface area (Å²) in [5, 5.41) is 20.6. The molecule has 1 aliphatic rings. The normalized spacial score (nSPS) is 36.0. The SMILES string of the molecule is CC1(C(O)O)CCCN1. The first-order chi connectivity index (χ1) is 4.15. The Balaban J connectivity index is 2.51. The average molecular weight is 131 g/mol. The summed E-state index contributed by atoms with van der Waals surface area (Å²) in [4.78, 5) is 0. The highest BCUT2D eigenvalue weighted by Gasteiger charge is 2.34. The van der Waals surface area contributed by atoms with Gasteiger partial charge in [-0.05, 0) is 26.3 Å². The molecule has 0 saturated carbocycles. The van der Waals surface area contributed by atoms with Crippen LogP contribution in [0.5, 0.6) is 0 Å². The van der Waals surface area contributed by atoms with Gasteiger partial charge in [0.2, 0.25) is 0 Å². The van der Waals surface area contributed by atoms with Crippen LogP contribution < -0.4 is 5.32 Å². The van der Waals surface area contributed by atoms with E-state index < -0.39 is 11.8 Å². The maximum atomic E-state index is 8.80. The molecule has 9 heavy (non-hydrogen) atoms. The molecular weight excluding hydrogens is 118 g/mol. The van der Waals surface area contributed by atoms with Gasteiger partial charge >= 0.3 is 0 Å². The summed E-state index contributed by atoms with van der Waals surface area (Å²) in [6.45, 7) is 2.72. The molecule has 1 atom stereocenters. The van der Waals surface area contributed by atoms with Gasteiger partial charge in [-0.25, -0.2) is 0 Å². The molecule has 0 spiro atoms. The van der Waals surface area contributed by atoms with Crippen LogP contribution in [0.15, 0.2) is 0 Å². The number of nitrogens with one attached hydrogen (secondary N) is 1. The van der Waals surface area contributed by atoms with Crippen molar-refractivity contribution in [1.82, 2.24) is 5.32 Å². The highest BCUT2D eigenvalue weighted by molar-refractivity contribution is 4.90. The Morgan fingerprint density at radius 3 is 2.44 bits per heavy atom. The summed E-state index contributed by atoms with van der Waals surface area (Å²) in [7, 11) is 0. The molecule has 3 heteroatoms. The summed E-state index contributed by atoms with van der Waals surface area (Å²) in [6.07, 6.45) is 0.665. The monoisotopic (exact) mass is 131 g/mol. The van der Waals surface area contributed by atoms with Crippen molar-refractivity contribution < 1.29 is 10.2 Å². The molecule has 1 rings (SSSR count). The van der Waals surface area contributed by atoms with E-state index in [0.717, 1.165) is 19.4 Å². The van der Waals surface area contributed by atoms with E-state index in [-0.39, 0.29) is 0 Å². The summed E-state index contributed by atoms with van der Waals surface area (Å²) >= 11 is 0. The lowest BCUT2D eigenvalue weighted by molar-refractivity contribution is -0.0970. The second-order valence-electron chi connectivity index (χ2n) is 2.82.